The molecule has 0 atom stereocenters. The Morgan fingerprint density at radius 3 is 0.935 bits per heavy atom. The van der Waals surface area contributed by atoms with Crippen LogP contribution in [0, 0.1) is 14.3 Å². The van der Waals surface area contributed by atoms with Gasteiger partial charge >= 0.3 is 202 Å². The second kappa shape index (κ2) is 10.9. The molecule has 0 aliphatic carbocycles. The summed E-state index contributed by atoms with van der Waals surface area (Å²) >= 11 is -11.1. The van der Waals surface area contributed by atoms with Crippen LogP contribution in [0.2, 0.25) is 0 Å². The monoisotopic (exact) mass is 704 g/mol. The number of hydrogen-bond donors (Lipinski definition) is 0. The molecule has 0 saturated heterocycles. The van der Waals surface area contributed by atoms with Gasteiger partial charge in [0.05, 0.1) is 0 Å². The van der Waals surface area contributed by atoms with E-state index in [0.29, 0.717) is 0 Å². The Bertz CT molecular complexity index is 965. The molecule has 0 spiro atoms. The number of halogens is 3. The van der Waals surface area contributed by atoms with Gasteiger partial charge in [-0.3, -0.25) is 0 Å². The molecule has 0 radical (unpaired) electrons. The van der Waals surface area contributed by atoms with Crippen molar-refractivity contribution < 1.29 is 11.3 Å². The van der Waals surface area contributed by atoms with E-state index in [-0.39, 0.29) is 0 Å². The van der Waals surface area contributed by atoms with E-state index in [0.717, 1.165) is 14.3 Å². The first kappa shape index (κ1) is 22.7. The summed E-state index contributed by atoms with van der Waals surface area (Å²) in [5.74, 6) is 0. The van der Waals surface area contributed by atoms with Gasteiger partial charge in [-0.2, -0.15) is 0 Å². The van der Waals surface area contributed by atoms with E-state index in [9.17, 15) is 3.74 Å². The summed E-state index contributed by atoms with van der Waals surface area (Å²) in [4.78, 5) is 0. The van der Waals surface area contributed by atoms with Crippen molar-refractivity contribution in [2.45, 2.75) is 0 Å². The first-order valence-electron chi connectivity index (χ1n) is 9.42. The van der Waals surface area contributed by atoms with E-state index in [1.807, 2.05) is 121 Å². The Morgan fingerprint density at radius 2 is 0.710 bits per heavy atom. The van der Waals surface area contributed by atoms with Crippen LogP contribution in [0.3, 0.4) is 0 Å². The average Bonchev–Trinajstić information content (AvgIpc) is 2.83. The molecule has 7 heteroatoms. The van der Waals surface area contributed by atoms with Crippen molar-refractivity contribution in [3.63, 3.8) is 0 Å². The van der Waals surface area contributed by atoms with E-state index < -0.39 is 55.1 Å². The van der Waals surface area contributed by atoms with E-state index in [2.05, 4.69) is 0 Å². The molecule has 4 rings (SSSR count). The molecular formula is C24H20AsFI2O3. The summed E-state index contributed by atoms with van der Waals surface area (Å²) < 4.78 is 43.9. The van der Waals surface area contributed by atoms with Gasteiger partial charge in [-0.05, 0) is 0 Å². The van der Waals surface area contributed by atoms with Crippen LogP contribution in [0.25, 0.3) is 0 Å². The van der Waals surface area contributed by atoms with Gasteiger partial charge in [0.15, 0.2) is 0 Å². The topological polar surface area (TPSA) is 35.5 Å². The van der Waals surface area contributed by atoms with E-state index in [1.54, 1.807) is 0 Å². The van der Waals surface area contributed by atoms with Crippen LogP contribution in [0.15, 0.2) is 121 Å². The molecule has 0 bridgehead atoms. The second-order valence-corrected chi connectivity index (χ2v) is 20.6. The van der Waals surface area contributed by atoms with Gasteiger partial charge in [0.2, 0.25) is 0 Å². The van der Waals surface area contributed by atoms with Gasteiger partial charge < -0.3 is 0 Å². The third-order valence-electron chi connectivity index (χ3n) is 4.03. The summed E-state index contributed by atoms with van der Waals surface area (Å²) in [6.07, 6.45) is 0. The van der Waals surface area contributed by atoms with Gasteiger partial charge in [0.1, 0.15) is 0 Å². The molecule has 0 aliphatic heterocycles. The van der Waals surface area contributed by atoms with Crippen molar-refractivity contribution in [2.24, 2.45) is 0 Å². The third kappa shape index (κ3) is 6.29. The van der Waals surface area contributed by atoms with Gasteiger partial charge in [0, 0.05) is 0 Å². The summed E-state index contributed by atoms with van der Waals surface area (Å²) in [6, 6.07) is 37.9. The third-order valence-corrected chi connectivity index (χ3v) is 21.7. The Morgan fingerprint density at radius 1 is 0.484 bits per heavy atom. The van der Waals surface area contributed by atoms with Crippen molar-refractivity contribution in [1.29, 1.82) is 0 Å². The quantitative estimate of drug-likeness (QED) is 0.144. The molecule has 0 N–H and O–H groups in total. The van der Waals surface area contributed by atoms with Crippen LogP contribution in [0.1, 0.15) is 0 Å². The van der Waals surface area contributed by atoms with E-state index in [4.69, 9.17) is 4.11 Å². The molecule has 0 fully saturated rings. The first-order chi connectivity index (χ1) is 15.1. The fourth-order valence-corrected chi connectivity index (χ4v) is 21.9. The van der Waals surface area contributed by atoms with E-state index >= 15 is 3.47 Å². The Kier molecular flexibility index (Phi) is 8.01. The van der Waals surface area contributed by atoms with Gasteiger partial charge in [-0.15, -0.1) is 0 Å². The van der Waals surface area contributed by atoms with Crippen molar-refractivity contribution in [3.8, 4) is 0 Å². The molecule has 0 unspecified atom stereocenters. The molecule has 0 heterocycles. The second-order valence-electron chi connectivity index (χ2n) is 6.25. The molecule has 0 aliphatic rings. The molecule has 0 aromatic heterocycles. The molecule has 4 aromatic rings. The Hall–Kier alpha value is -1.45. The van der Waals surface area contributed by atoms with Crippen molar-refractivity contribution >= 4 is 55.1 Å². The van der Waals surface area contributed by atoms with Crippen LogP contribution in [0.4, 0.5) is 3.47 Å². The zero-order chi connectivity index (χ0) is 21.5. The van der Waals surface area contributed by atoms with E-state index in [1.165, 1.54) is 0 Å². The van der Waals surface area contributed by atoms with Crippen LogP contribution < -0.4 is 0 Å². The summed E-state index contributed by atoms with van der Waals surface area (Å²) in [5.41, 5.74) is 0. The molecule has 3 nitrogen and oxygen atoms in total. The number of rotatable bonds is 8. The number of benzene rings is 4. The van der Waals surface area contributed by atoms with Gasteiger partial charge in [-0.25, -0.2) is 0 Å². The standard InChI is InChI=1S/C24H20AsFI2O3/c26-25(29,30-27(21-13-5-1-6-14-21)22-15-7-2-8-16-22)31-28(23-17-9-3-10-18-23)24-19-11-4-12-20-24/h1-20H. The fourth-order valence-electron chi connectivity index (χ4n) is 2.70. The van der Waals surface area contributed by atoms with Crippen molar-refractivity contribution in [3.05, 3.63) is 136 Å². The SMILES string of the molecule is O=[As](F)(OI(c1ccccc1)c1ccccc1)OI(c1ccccc1)c1ccccc1. The Balaban J connectivity index is 1.66. The maximum absolute atomic E-state index is 15.6. The molecular weight excluding hydrogens is 684 g/mol. The molecule has 4 aromatic carbocycles. The zero-order valence-electron chi connectivity index (χ0n) is 16.4. The Labute approximate surface area is 200 Å². The van der Waals surface area contributed by atoms with Gasteiger partial charge in [-0.1, -0.05) is 0 Å². The number of hydrogen-bond acceptors (Lipinski definition) is 3. The summed E-state index contributed by atoms with van der Waals surface area (Å²) in [6.45, 7) is 0. The van der Waals surface area contributed by atoms with Crippen LogP contribution in [-0.2, 0) is 7.85 Å². The minimum atomic E-state index is -5.58. The van der Waals surface area contributed by atoms with Crippen LogP contribution >= 0.6 is 40.5 Å². The molecule has 0 amide bonds. The molecule has 160 valence electrons. The van der Waals surface area contributed by atoms with Crippen molar-refractivity contribution in [2.75, 3.05) is 0 Å². The fraction of sp³-hybridized carbons (Fsp3) is 0. The average molecular weight is 704 g/mol. The maximum atomic E-state index is 15.6. The minimum absolute atomic E-state index is 0.876. The summed E-state index contributed by atoms with van der Waals surface area (Å²) in [5, 5.41) is 0. The van der Waals surface area contributed by atoms with Crippen LogP contribution in [0.5, 0.6) is 0 Å². The van der Waals surface area contributed by atoms with Gasteiger partial charge in [0.25, 0.3) is 0 Å². The predicted octanol–water partition coefficient (Wildman–Crippen LogP) is 7.18. The normalized spacial score (nSPS) is 12.3. The molecule has 31 heavy (non-hydrogen) atoms. The molecule has 0 saturated carbocycles. The summed E-state index contributed by atoms with van der Waals surface area (Å²) in [7, 11) is 0. The first-order valence-corrected chi connectivity index (χ1v) is 18.5. The predicted molar refractivity (Wildman–Crippen MR) is 138 cm³/mol. The van der Waals surface area contributed by atoms with Crippen molar-refractivity contribution in [1.82, 2.24) is 0 Å². The van der Waals surface area contributed by atoms with Crippen LogP contribution in [-0.4, -0.2) is 14.6 Å². The zero-order valence-corrected chi connectivity index (χ0v) is 22.5.